The highest BCUT2D eigenvalue weighted by Gasteiger charge is 2.36. The van der Waals surface area contributed by atoms with Gasteiger partial charge in [0.05, 0.1) is 25.0 Å². The number of hydrogen-bond donors (Lipinski definition) is 0. The minimum Gasteiger partial charge on any atom is -0.469 e. The maximum Gasteiger partial charge on any atom is 0.308 e. The van der Waals surface area contributed by atoms with Gasteiger partial charge in [-0.05, 0) is 31.4 Å². The lowest BCUT2D eigenvalue weighted by atomic mass is 9.96. The van der Waals surface area contributed by atoms with E-state index in [1.807, 2.05) is 0 Å². The van der Waals surface area contributed by atoms with E-state index < -0.39 is 16.1 Å². The molecule has 1 aromatic carbocycles. The molecule has 1 aliphatic rings. The highest BCUT2D eigenvalue weighted by molar-refractivity contribution is 7.92. The highest BCUT2D eigenvalue weighted by Crippen LogP contribution is 2.25. The third-order valence-corrected chi connectivity index (χ3v) is 5.84. The average Bonchev–Trinajstić information content (AvgIpc) is 2.64. The Morgan fingerprint density at radius 2 is 1.81 bits per heavy atom. The van der Waals surface area contributed by atoms with Crippen LogP contribution >= 0.6 is 0 Å². The molecule has 0 spiro atoms. The number of hydrogen-bond acceptors (Lipinski definition) is 5. The summed E-state index contributed by atoms with van der Waals surface area (Å²) >= 11 is 0. The number of amides is 1. The van der Waals surface area contributed by atoms with Crippen LogP contribution in [0.25, 0.3) is 0 Å². The molecule has 7 nitrogen and oxygen atoms in total. The first-order chi connectivity index (χ1) is 12.3. The number of esters is 1. The summed E-state index contributed by atoms with van der Waals surface area (Å²) in [5.41, 5.74) is 0.472. The van der Waals surface area contributed by atoms with E-state index in [0.717, 1.165) is 6.26 Å². The van der Waals surface area contributed by atoms with Gasteiger partial charge in [0.2, 0.25) is 15.9 Å². The Hall–Kier alpha value is -2.09. The van der Waals surface area contributed by atoms with Crippen LogP contribution in [-0.4, -0.2) is 57.7 Å². The van der Waals surface area contributed by atoms with Crippen LogP contribution in [0, 0.1) is 5.92 Å². The molecular weight excluding hydrogens is 356 g/mol. The molecule has 1 saturated heterocycles. The van der Waals surface area contributed by atoms with E-state index in [2.05, 4.69) is 0 Å². The fourth-order valence-electron chi connectivity index (χ4n) is 3.33. The number of para-hydroxylation sites is 1. The minimum atomic E-state index is -3.63. The third-order valence-electron chi connectivity index (χ3n) is 4.66. The number of carbonyl (C=O) groups excluding carboxylic acids is 2. The number of methoxy groups -OCH3 is 1. The second kappa shape index (κ2) is 8.53. The van der Waals surface area contributed by atoms with E-state index in [4.69, 9.17) is 4.74 Å². The summed E-state index contributed by atoms with van der Waals surface area (Å²) in [5, 5.41) is 0. The fraction of sp³-hybridized carbons (Fsp3) is 0.556. The molecule has 0 aromatic heterocycles. The molecule has 2 rings (SSSR count). The van der Waals surface area contributed by atoms with E-state index in [0.29, 0.717) is 38.0 Å². The van der Waals surface area contributed by atoms with Gasteiger partial charge in [0, 0.05) is 13.1 Å². The molecule has 1 aromatic rings. The zero-order chi connectivity index (χ0) is 19.3. The molecule has 144 valence electrons. The Morgan fingerprint density at radius 3 is 2.27 bits per heavy atom. The van der Waals surface area contributed by atoms with Crippen molar-refractivity contribution in [3.05, 3.63) is 30.3 Å². The summed E-state index contributed by atoms with van der Waals surface area (Å²) in [6, 6.07) is 7.84. The molecule has 26 heavy (non-hydrogen) atoms. The summed E-state index contributed by atoms with van der Waals surface area (Å²) in [7, 11) is -2.27. The van der Waals surface area contributed by atoms with Crippen molar-refractivity contribution >= 4 is 27.6 Å². The number of carbonyl (C=O) groups is 2. The van der Waals surface area contributed by atoms with Gasteiger partial charge in [0.1, 0.15) is 6.04 Å². The second-order valence-electron chi connectivity index (χ2n) is 6.44. The molecule has 1 heterocycles. The smallest absolute Gasteiger partial charge is 0.308 e. The first-order valence-corrected chi connectivity index (χ1v) is 10.6. The van der Waals surface area contributed by atoms with Gasteiger partial charge in [0.15, 0.2) is 0 Å². The first kappa shape index (κ1) is 20.2. The number of anilines is 1. The number of likely N-dealkylation sites (tertiary alicyclic amines) is 1. The molecule has 1 fully saturated rings. The van der Waals surface area contributed by atoms with Crippen LogP contribution in [0.4, 0.5) is 5.69 Å². The Bertz CT molecular complexity index is 727. The zero-order valence-corrected chi connectivity index (χ0v) is 16.2. The molecule has 0 radical (unpaired) electrons. The van der Waals surface area contributed by atoms with Crippen molar-refractivity contribution in [2.45, 2.75) is 32.2 Å². The summed E-state index contributed by atoms with van der Waals surface area (Å²) in [5.74, 6) is -0.694. The number of sulfonamides is 1. The van der Waals surface area contributed by atoms with Crippen LogP contribution in [0.5, 0.6) is 0 Å². The van der Waals surface area contributed by atoms with E-state index >= 15 is 0 Å². The van der Waals surface area contributed by atoms with E-state index in [1.54, 1.807) is 42.2 Å². The van der Waals surface area contributed by atoms with E-state index in [-0.39, 0.29) is 17.8 Å². The Labute approximate surface area is 155 Å². The first-order valence-electron chi connectivity index (χ1n) is 8.70. The Balaban J connectivity index is 2.20. The monoisotopic (exact) mass is 382 g/mol. The van der Waals surface area contributed by atoms with E-state index in [9.17, 15) is 18.0 Å². The van der Waals surface area contributed by atoms with Crippen LogP contribution in [0.3, 0.4) is 0 Å². The van der Waals surface area contributed by atoms with Crippen molar-refractivity contribution < 1.29 is 22.7 Å². The lowest BCUT2D eigenvalue weighted by molar-refractivity contribution is -0.149. The predicted molar refractivity (Wildman–Crippen MR) is 99.2 cm³/mol. The largest absolute Gasteiger partial charge is 0.469 e. The number of rotatable bonds is 6. The standard InChI is InChI=1S/C18H26N2O5S/c1-4-16(20(26(3,23)24)15-8-6-5-7-9-15)17(21)19-12-10-14(11-13-19)18(22)25-2/h5-9,14,16H,4,10-13H2,1-3H3. The fourth-order valence-corrected chi connectivity index (χ4v) is 4.54. The number of benzene rings is 1. The van der Waals surface area contributed by atoms with Gasteiger partial charge in [-0.3, -0.25) is 13.9 Å². The summed E-state index contributed by atoms with van der Waals surface area (Å²) in [6.07, 6.45) is 2.52. The molecule has 0 saturated carbocycles. The number of ether oxygens (including phenoxy) is 1. The molecular formula is C18H26N2O5S. The van der Waals surface area contributed by atoms with Gasteiger partial charge in [-0.15, -0.1) is 0 Å². The van der Waals surface area contributed by atoms with Gasteiger partial charge in [-0.25, -0.2) is 8.42 Å². The van der Waals surface area contributed by atoms with Crippen molar-refractivity contribution in [3.8, 4) is 0 Å². The van der Waals surface area contributed by atoms with Gasteiger partial charge in [0.25, 0.3) is 0 Å². The quantitative estimate of drug-likeness (QED) is 0.699. The van der Waals surface area contributed by atoms with Gasteiger partial charge >= 0.3 is 5.97 Å². The molecule has 1 atom stereocenters. The van der Waals surface area contributed by atoms with Crippen LogP contribution in [0.15, 0.2) is 30.3 Å². The molecule has 1 unspecified atom stereocenters. The maximum absolute atomic E-state index is 13.0. The SMILES string of the molecule is CCC(C(=O)N1CCC(C(=O)OC)CC1)N(c1ccccc1)S(C)(=O)=O. The molecule has 1 aliphatic heterocycles. The Morgan fingerprint density at radius 1 is 1.23 bits per heavy atom. The topological polar surface area (TPSA) is 84.0 Å². The van der Waals surface area contributed by atoms with Crippen LogP contribution in [-0.2, 0) is 24.3 Å². The molecule has 0 N–H and O–H groups in total. The summed E-state index contributed by atoms with van der Waals surface area (Å²) < 4.78 is 30.7. The predicted octanol–water partition coefficient (Wildman–Crippen LogP) is 1.64. The summed E-state index contributed by atoms with van der Waals surface area (Å²) in [6.45, 7) is 2.63. The number of nitrogens with zero attached hydrogens (tertiary/aromatic N) is 2. The van der Waals surface area contributed by atoms with Gasteiger partial charge in [-0.2, -0.15) is 0 Å². The van der Waals surface area contributed by atoms with Crippen LogP contribution in [0.1, 0.15) is 26.2 Å². The molecule has 1 amide bonds. The molecule has 0 aliphatic carbocycles. The van der Waals surface area contributed by atoms with Crippen molar-refractivity contribution in [3.63, 3.8) is 0 Å². The van der Waals surface area contributed by atoms with Gasteiger partial charge in [-0.1, -0.05) is 25.1 Å². The molecule has 0 bridgehead atoms. The van der Waals surface area contributed by atoms with Crippen LogP contribution < -0.4 is 4.31 Å². The van der Waals surface area contributed by atoms with Crippen molar-refractivity contribution in [2.75, 3.05) is 30.8 Å². The highest BCUT2D eigenvalue weighted by atomic mass is 32.2. The minimum absolute atomic E-state index is 0.204. The lowest BCUT2D eigenvalue weighted by Crippen LogP contribution is -2.52. The van der Waals surface area contributed by atoms with E-state index in [1.165, 1.54) is 11.4 Å². The number of piperidine rings is 1. The van der Waals surface area contributed by atoms with Gasteiger partial charge < -0.3 is 9.64 Å². The third kappa shape index (κ3) is 4.55. The zero-order valence-electron chi connectivity index (χ0n) is 15.4. The normalized spacial score (nSPS) is 16.8. The van der Waals surface area contributed by atoms with Crippen molar-refractivity contribution in [2.24, 2.45) is 5.92 Å². The molecule has 8 heteroatoms. The van der Waals surface area contributed by atoms with Crippen molar-refractivity contribution in [1.29, 1.82) is 0 Å². The second-order valence-corrected chi connectivity index (χ2v) is 8.30. The average molecular weight is 382 g/mol. The summed E-state index contributed by atoms with van der Waals surface area (Å²) in [4.78, 5) is 26.3. The van der Waals surface area contributed by atoms with Crippen molar-refractivity contribution in [1.82, 2.24) is 4.90 Å². The Kier molecular flexibility index (Phi) is 6.63. The lowest BCUT2D eigenvalue weighted by Gasteiger charge is -2.37. The maximum atomic E-state index is 13.0. The van der Waals surface area contributed by atoms with Crippen LogP contribution in [0.2, 0.25) is 0 Å².